The first-order chi connectivity index (χ1) is 9.13. The van der Waals surface area contributed by atoms with E-state index in [2.05, 4.69) is 22.1 Å². The lowest BCUT2D eigenvalue weighted by Gasteiger charge is -2.20. The normalized spacial score (nSPS) is 12.8. The zero-order chi connectivity index (χ0) is 13.7. The van der Waals surface area contributed by atoms with E-state index in [1.54, 1.807) is 17.1 Å². The van der Waals surface area contributed by atoms with Crippen LogP contribution in [0.25, 0.3) is 0 Å². The smallest absolute Gasteiger partial charge is 0.0862 e. The summed E-state index contributed by atoms with van der Waals surface area (Å²) in [5, 5.41) is 14.7. The Morgan fingerprint density at radius 1 is 1.37 bits per heavy atom. The second-order valence-corrected chi connectivity index (χ2v) is 5.15. The summed E-state index contributed by atoms with van der Waals surface area (Å²) >= 11 is 5.78. The van der Waals surface area contributed by atoms with Gasteiger partial charge >= 0.3 is 0 Å². The van der Waals surface area contributed by atoms with Crippen molar-refractivity contribution in [3.05, 3.63) is 53.3 Å². The summed E-state index contributed by atoms with van der Waals surface area (Å²) in [6, 6.07) is 10.2. The van der Waals surface area contributed by atoms with Crippen molar-refractivity contribution in [2.24, 2.45) is 0 Å². The van der Waals surface area contributed by atoms with Crippen LogP contribution in [0.2, 0.25) is 5.02 Å². The molecule has 0 radical (unpaired) electrons. The molecule has 1 N–H and O–H groups in total. The van der Waals surface area contributed by atoms with Gasteiger partial charge in [-0.15, -0.1) is 0 Å². The highest BCUT2D eigenvalue weighted by molar-refractivity contribution is 6.30. The van der Waals surface area contributed by atoms with Crippen LogP contribution < -0.4 is 0 Å². The van der Waals surface area contributed by atoms with E-state index < -0.39 is 6.10 Å². The van der Waals surface area contributed by atoms with Gasteiger partial charge < -0.3 is 5.11 Å². The second-order valence-electron chi connectivity index (χ2n) is 4.72. The fraction of sp³-hybridized carbons (Fsp3) is 0.357. The minimum atomic E-state index is -0.468. The van der Waals surface area contributed by atoms with E-state index in [0.717, 1.165) is 6.54 Å². The van der Waals surface area contributed by atoms with Crippen molar-refractivity contribution < 1.29 is 5.11 Å². The predicted octanol–water partition coefficient (Wildman–Crippen LogP) is 2.03. The number of benzene rings is 1. The van der Waals surface area contributed by atoms with Crippen LogP contribution in [0.4, 0.5) is 0 Å². The first-order valence-corrected chi connectivity index (χ1v) is 6.60. The quantitative estimate of drug-likeness (QED) is 0.880. The number of aliphatic hydroxyl groups is 1. The number of likely N-dealkylation sites (N-methyl/N-ethyl adjacent to an activating group) is 1. The third-order valence-electron chi connectivity index (χ3n) is 2.82. The topological polar surface area (TPSA) is 41.3 Å². The summed E-state index contributed by atoms with van der Waals surface area (Å²) < 4.78 is 1.66. The van der Waals surface area contributed by atoms with Crippen LogP contribution in [0.5, 0.6) is 0 Å². The Bertz CT molecular complexity index is 500. The molecular formula is C14H18ClN3O. The van der Waals surface area contributed by atoms with Gasteiger partial charge in [-0.05, 0) is 12.6 Å². The minimum absolute atomic E-state index is 0.450. The van der Waals surface area contributed by atoms with Gasteiger partial charge in [-0.2, -0.15) is 5.10 Å². The molecule has 0 saturated carbocycles. The summed E-state index contributed by atoms with van der Waals surface area (Å²) in [5.74, 6) is 0. The van der Waals surface area contributed by atoms with Gasteiger partial charge in [0.05, 0.1) is 23.9 Å². The van der Waals surface area contributed by atoms with Crippen molar-refractivity contribution in [1.82, 2.24) is 14.7 Å². The Kier molecular flexibility index (Phi) is 4.96. The van der Waals surface area contributed by atoms with Gasteiger partial charge in [-0.1, -0.05) is 41.9 Å². The zero-order valence-electron chi connectivity index (χ0n) is 10.9. The Hall–Kier alpha value is -1.36. The Balaban J connectivity index is 1.80. The number of halogens is 1. The summed E-state index contributed by atoms with van der Waals surface area (Å²) in [6.45, 7) is 1.86. The number of aliphatic hydroxyl groups excluding tert-OH is 1. The summed E-state index contributed by atoms with van der Waals surface area (Å²) in [6.07, 6.45) is 2.81. The van der Waals surface area contributed by atoms with Gasteiger partial charge in [-0.3, -0.25) is 9.58 Å². The second kappa shape index (κ2) is 6.70. The number of aromatic nitrogens is 2. The van der Waals surface area contributed by atoms with Crippen LogP contribution in [-0.4, -0.2) is 39.5 Å². The summed E-state index contributed by atoms with van der Waals surface area (Å²) in [7, 11) is 1.99. The molecule has 0 amide bonds. The van der Waals surface area contributed by atoms with Gasteiger partial charge in [0.1, 0.15) is 0 Å². The number of nitrogens with zero attached hydrogens (tertiary/aromatic N) is 3. The van der Waals surface area contributed by atoms with Crippen molar-refractivity contribution in [3.8, 4) is 0 Å². The van der Waals surface area contributed by atoms with Crippen molar-refractivity contribution in [2.45, 2.75) is 19.2 Å². The van der Waals surface area contributed by atoms with Crippen molar-refractivity contribution >= 4 is 11.6 Å². The lowest BCUT2D eigenvalue weighted by Crippen LogP contribution is -2.31. The molecule has 1 aromatic carbocycles. The maximum Gasteiger partial charge on any atom is 0.0862 e. The van der Waals surface area contributed by atoms with Crippen LogP contribution in [-0.2, 0) is 13.1 Å². The van der Waals surface area contributed by atoms with Gasteiger partial charge in [-0.25, -0.2) is 0 Å². The average Bonchev–Trinajstić information content (AvgIpc) is 2.75. The van der Waals surface area contributed by atoms with E-state index in [-0.39, 0.29) is 0 Å². The summed E-state index contributed by atoms with van der Waals surface area (Å²) in [4.78, 5) is 2.09. The largest absolute Gasteiger partial charge is 0.390 e. The highest BCUT2D eigenvalue weighted by Gasteiger charge is 2.10. The van der Waals surface area contributed by atoms with Crippen LogP contribution in [0.3, 0.4) is 0 Å². The molecule has 1 heterocycles. The molecule has 2 rings (SSSR count). The molecular weight excluding hydrogens is 262 g/mol. The first-order valence-electron chi connectivity index (χ1n) is 6.22. The lowest BCUT2D eigenvalue weighted by atomic mass is 10.2. The van der Waals surface area contributed by atoms with Gasteiger partial charge in [0.15, 0.2) is 0 Å². The molecule has 1 atom stereocenters. The monoisotopic (exact) mass is 279 g/mol. The average molecular weight is 280 g/mol. The molecule has 0 fully saturated rings. The molecule has 19 heavy (non-hydrogen) atoms. The van der Waals surface area contributed by atoms with E-state index in [1.165, 1.54) is 5.56 Å². The fourth-order valence-electron chi connectivity index (χ4n) is 2.03. The zero-order valence-corrected chi connectivity index (χ0v) is 11.7. The highest BCUT2D eigenvalue weighted by Crippen LogP contribution is 2.07. The Morgan fingerprint density at radius 2 is 2.11 bits per heavy atom. The van der Waals surface area contributed by atoms with Gasteiger partial charge in [0.25, 0.3) is 0 Å². The van der Waals surface area contributed by atoms with Crippen LogP contribution in [0, 0.1) is 0 Å². The minimum Gasteiger partial charge on any atom is -0.390 e. The summed E-state index contributed by atoms with van der Waals surface area (Å²) in [5.41, 5.74) is 1.24. The molecule has 0 spiro atoms. The van der Waals surface area contributed by atoms with Gasteiger partial charge in [0, 0.05) is 19.3 Å². The van der Waals surface area contributed by atoms with E-state index >= 15 is 0 Å². The lowest BCUT2D eigenvalue weighted by molar-refractivity contribution is 0.104. The van der Waals surface area contributed by atoms with Crippen LogP contribution >= 0.6 is 11.6 Å². The standard InChI is InChI=1S/C14H18ClN3O/c1-17(8-12-5-3-2-4-6-12)10-14(19)11-18-9-13(15)7-16-18/h2-7,9,14,19H,8,10-11H2,1H3. The Morgan fingerprint density at radius 3 is 2.74 bits per heavy atom. The van der Waals surface area contributed by atoms with E-state index in [9.17, 15) is 5.11 Å². The number of hydrogen-bond acceptors (Lipinski definition) is 3. The maximum atomic E-state index is 10.0. The SMILES string of the molecule is CN(Cc1ccccc1)CC(O)Cn1cc(Cl)cn1. The molecule has 0 saturated heterocycles. The maximum absolute atomic E-state index is 10.0. The number of rotatable bonds is 6. The fourth-order valence-corrected chi connectivity index (χ4v) is 2.19. The third-order valence-corrected chi connectivity index (χ3v) is 3.01. The number of hydrogen-bond donors (Lipinski definition) is 1. The molecule has 2 aromatic rings. The molecule has 4 nitrogen and oxygen atoms in total. The van der Waals surface area contributed by atoms with E-state index in [1.807, 2.05) is 25.2 Å². The van der Waals surface area contributed by atoms with E-state index in [0.29, 0.717) is 18.1 Å². The molecule has 0 aliphatic heterocycles. The van der Waals surface area contributed by atoms with Crippen molar-refractivity contribution in [1.29, 1.82) is 0 Å². The van der Waals surface area contributed by atoms with Crippen LogP contribution in [0.1, 0.15) is 5.56 Å². The molecule has 1 unspecified atom stereocenters. The highest BCUT2D eigenvalue weighted by atomic mass is 35.5. The molecule has 0 aliphatic carbocycles. The van der Waals surface area contributed by atoms with Crippen molar-refractivity contribution in [2.75, 3.05) is 13.6 Å². The predicted molar refractivity (Wildman–Crippen MR) is 76.0 cm³/mol. The van der Waals surface area contributed by atoms with Crippen molar-refractivity contribution in [3.63, 3.8) is 0 Å². The van der Waals surface area contributed by atoms with Gasteiger partial charge in [0.2, 0.25) is 0 Å². The molecule has 0 aliphatic rings. The molecule has 1 aromatic heterocycles. The molecule has 102 valence electrons. The van der Waals surface area contributed by atoms with E-state index in [4.69, 9.17) is 11.6 Å². The first kappa shape index (κ1) is 14.1. The molecule has 5 heteroatoms. The molecule has 0 bridgehead atoms. The van der Waals surface area contributed by atoms with Crippen LogP contribution in [0.15, 0.2) is 42.7 Å². The Labute approximate surface area is 118 Å². The third kappa shape index (κ3) is 4.67.